The van der Waals surface area contributed by atoms with Crippen LogP contribution in [0.4, 0.5) is 5.69 Å². The third-order valence-electron chi connectivity index (χ3n) is 3.62. The molecule has 1 heterocycles. The molecule has 3 rings (SSSR count). The number of halogens is 2. The van der Waals surface area contributed by atoms with Gasteiger partial charge in [-0.05, 0) is 24.3 Å². The highest BCUT2D eigenvalue weighted by Gasteiger charge is 2.16. The van der Waals surface area contributed by atoms with E-state index in [1.807, 2.05) is 12.1 Å². The summed E-state index contributed by atoms with van der Waals surface area (Å²) in [6.07, 6.45) is 1.68. The minimum Gasteiger partial charge on any atom is -0.495 e. The zero-order valence-electron chi connectivity index (χ0n) is 14.0. The molecule has 0 aliphatic heterocycles. The number of carbonyl (C=O) groups is 1. The first-order valence-electron chi connectivity index (χ1n) is 7.56. The minimum atomic E-state index is -0.395. The van der Waals surface area contributed by atoms with Crippen LogP contribution in [0.1, 0.15) is 10.5 Å². The number of rotatable bonds is 5. The van der Waals surface area contributed by atoms with Crippen LogP contribution in [-0.4, -0.2) is 29.9 Å². The van der Waals surface area contributed by atoms with E-state index in [4.69, 9.17) is 32.7 Å². The van der Waals surface area contributed by atoms with E-state index >= 15 is 0 Å². The maximum absolute atomic E-state index is 12.5. The van der Waals surface area contributed by atoms with Crippen molar-refractivity contribution in [2.45, 2.75) is 0 Å². The van der Waals surface area contributed by atoms with Gasteiger partial charge in [0.2, 0.25) is 0 Å². The van der Waals surface area contributed by atoms with E-state index in [-0.39, 0.29) is 5.69 Å². The van der Waals surface area contributed by atoms with E-state index in [1.165, 1.54) is 14.2 Å². The van der Waals surface area contributed by atoms with Crippen LogP contribution in [0.25, 0.3) is 5.69 Å². The van der Waals surface area contributed by atoms with Gasteiger partial charge in [-0.15, -0.1) is 0 Å². The molecule has 1 aromatic heterocycles. The van der Waals surface area contributed by atoms with Gasteiger partial charge in [0, 0.05) is 23.4 Å². The minimum absolute atomic E-state index is 0.237. The van der Waals surface area contributed by atoms with Crippen molar-refractivity contribution in [3.8, 4) is 17.2 Å². The Balaban J connectivity index is 1.85. The smallest absolute Gasteiger partial charge is 0.276 e. The highest BCUT2D eigenvalue weighted by atomic mass is 35.5. The number of nitrogens with one attached hydrogen (secondary N) is 1. The van der Waals surface area contributed by atoms with Crippen LogP contribution in [0.5, 0.6) is 11.5 Å². The zero-order chi connectivity index (χ0) is 18.7. The monoisotopic (exact) mass is 391 g/mol. The van der Waals surface area contributed by atoms with E-state index in [9.17, 15) is 4.79 Å². The molecule has 6 nitrogen and oxygen atoms in total. The lowest BCUT2D eigenvalue weighted by Crippen LogP contribution is -2.14. The largest absolute Gasteiger partial charge is 0.495 e. The third kappa shape index (κ3) is 3.76. The maximum atomic E-state index is 12.5. The van der Waals surface area contributed by atoms with Gasteiger partial charge in [0.25, 0.3) is 5.91 Å². The molecule has 3 aromatic rings. The van der Waals surface area contributed by atoms with Gasteiger partial charge >= 0.3 is 0 Å². The van der Waals surface area contributed by atoms with Gasteiger partial charge in [0.05, 0.1) is 30.6 Å². The van der Waals surface area contributed by atoms with Crippen molar-refractivity contribution in [3.63, 3.8) is 0 Å². The fourth-order valence-electron chi connectivity index (χ4n) is 2.35. The first-order valence-corrected chi connectivity index (χ1v) is 8.32. The second-order valence-corrected chi connectivity index (χ2v) is 6.11. The van der Waals surface area contributed by atoms with Gasteiger partial charge in [-0.25, -0.2) is 4.68 Å². The Labute approximate surface area is 160 Å². The summed E-state index contributed by atoms with van der Waals surface area (Å²) in [5.41, 5.74) is 1.42. The molecular formula is C18H15Cl2N3O3. The van der Waals surface area contributed by atoms with Gasteiger partial charge in [-0.3, -0.25) is 4.79 Å². The molecule has 0 aliphatic rings. The normalized spacial score (nSPS) is 10.5. The Morgan fingerprint density at radius 1 is 1.08 bits per heavy atom. The molecule has 8 heteroatoms. The second-order valence-electron chi connectivity index (χ2n) is 5.27. The van der Waals surface area contributed by atoms with Crippen LogP contribution in [0, 0.1) is 0 Å². The van der Waals surface area contributed by atoms with Crippen LogP contribution < -0.4 is 14.8 Å². The number of nitrogens with zero attached hydrogens (tertiary/aromatic N) is 2. The molecule has 0 spiro atoms. The molecule has 0 saturated carbocycles. The number of hydrogen-bond acceptors (Lipinski definition) is 4. The number of benzene rings is 2. The molecule has 26 heavy (non-hydrogen) atoms. The molecular weight excluding hydrogens is 377 g/mol. The molecule has 0 unspecified atom stereocenters. The second kappa shape index (κ2) is 7.68. The SMILES string of the molecule is COc1cc(NC(=O)c2ccn(-c3cccc(Cl)c3)n2)c(OC)cc1Cl. The molecule has 1 N–H and O–H groups in total. The third-order valence-corrected chi connectivity index (χ3v) is 4.15. The predicted octanol–water partition coefficient (Wildman–Crippen LogP) is 4.45. The molecule has 0 aliphatic carbocycles. The molecule has 0 atom stereocenters. The lowest BCUT2D eigenvalue weighted by Gasteiger charge is -2.12. The number of methoxy groups -OCH3 is 2. The quantitative estimate of drug-likeness (QED) is 0.697. The Kier molecular flexibility index (Phi) is 5.35. The van der Waals surface area contributed by atoms with Crippen molar-refractivity contribution in [2.75, 3.05) is 19.5 Å². The Hall–Kier alpha value is -2.70. The fourth-order valence-corrected chi connectivity index (χ4v) is 2.77. The van der Waals surface area contributed by atoms with Crippen LogP contribution in [0.3, 0.4) is 0 Å². The molecule has 0 bridgehead atoms. The number of hydrogen-bond donors (Lipinski definition) is 1. The summed E-state index contributed by atoms with van der Waals surface area (Å²) >= 11 is 12.1. The molecule has 1 amide bonds. The molecule has 0 saturated heterocycles. The Morgan fingerprint density at radius 2 is 1.85 bits per heavy atom. The van der Waals surface area contributed by atoms with Crippen molar-refractivity contribution in [1.82, 2.24) is 9.78 Å². The first kappa shape index (κ1) is 18.1. The van der Waals surface area contributed by atoms with Crippen LogP contribution >= 0.6 is 23.2 Å². The zero-order valence-corrected chi connectivity index (χ0v) is 15.5. The van der Waals surface area contributed by atoms with Crippen LogP contribution in [-0.2, 0) is 0 Å². The average molecular weight is 392 g/mol. The number of amides is 1. The lowest BCUT2D eigenvalue weighted by atomic mass is 10.2. The Morgan fingerprint density at radius 3 is 2.54 bits per heavy atom. The van der Waals surface area contributed by atoms with Gasteiger partial charge in [-0.1, -0.05) is 29.3 Å². The van der Waals surface area contributed by atoms with E-state index in [2.05, 4.69) is 10.4 Å². The number of carbonyl (C=O) groups excluding carboxylic acids is 1. The maximum Gasteiger partial charge on any atom is 0.276 e. The molecule has 0 radical (unpaired) electrons. The van der Waals surface area contributed by atoms with Crippen molar-refractivity contribution in [1.29, 1.82) is 0 Å². The molecule has 134 valence electrons. The van der Waals surface area contributed by atoms with Crippen LogP contribution in [0.2, 0.25) is 10.0 Å². The number of ether oxygens (including phenoxy) is 2. The molecule has 0 fully saturated rings. The summed E-state index contributed by atoms with van der Waals surface area (Å²) in [5.74, 6) is 0.444. The topological polar surface area (TPSA) is 65.4 Å². The Bertz CT molecular complexity index is 957. The van der Waals surface area contributed by atoms with Crippen molar-refractivity contribution in [2.24, 2.45) is 0 Å². The predicted molar refractivity (Wildman–Crippen MR) is 101 cm³/mol. The van der Waals surface area contributed by atoms with Gasteiger partial charge < -0.3 is 14.8 Å². The van der Waals surface area contributed by atoms with E-state index < -0.39 is 5.91 Å². The summed E-state index contributed by atoms with van der Waals surface area (Å²) < 4.78 is 12.0. The standard InChI is InChI=1S/C18H15Cl2N3O3/c1-25-16-10-15(17(26-2)9-13(16)20)21-18(24)14-6-7-23(22-14)12-5-3-4-11(19)8-12/h3-10H,1-2H3,(H,21,24). The summed E-state index contributed by atoms with van der Waals surface area (Å²) in [5, 5.41) is 8.00. The average Bonchev–Trinajstić information content (AvgIpc) is 3.13. The summed E-state index contributed by atoms with van der Waals surface area (Å²) in [6, 6.07) is 11.9. The van der Waals surface area contributed by atoms with Gasteiger partial charge in [-0.2, -0.15) is 5.10 Å². The number of anilines is 1. The van der Waals surface area contributed by atoms with E-state index in [1.54, 1.807) is 41.2 Å². The summed E-state index contributed by atoms with van der Waals surface area (Å²) in [7, 11) is 2.98. The van der Waals surface area contributed by atoms with E-state index in [0.717, 1.165) is 5.69 Å². The summed E-state index contributed by atoms with van der Waals surface area (Å²) in [6.45, 7) is 0. The van der Waals surface area contributed by atoms with Crippen molar-refractivity contribution in [3.05, 3.63) is 64.4 Å². The van der Waals surface area contributed by atoms with Crippen molar-refractivity contribution >= 4 is 34.8 Å². The number of aromatic nitrogens is 2. The summed E-state index contributed by atoms with van der Waals surface area (Å²) in [4.78, 5) is 12.5. The van der Waals surface area contributed by atoms with Crippen LogP contribution in [0.15, 0.2) is 48.7 Å². The van der Waals surface area contributed by atoms with Gasteiger partial charge in [0.1, 0.15) is 11.5 Å². The molecule has 2 aromatic carbocycles. The lowest BCUT2D eigenvalue weighted by molar-refractivity contribution is 0.102. The highest BCUT2D eigenvalue weighted by molar-refractivity contribution is 6.32. The van der Waals surface area contributed by atoms with E-state index in [0.29, 0.717) is 27.2 Å². The fraction of sp³-hybridized carbons (Fsp3) is 0.111. The van der Waals surface area contributed by atoms with Gasteiger partial charge in [0.15, 0.2) is 5.69 Å². The first-order chi connectivity index (χ1) is 12.5. The highest BCUT2D eigenvalue weighted by Crippen LogP contribution is 2.36. The van der Waals surface area contributed by atoms with Crippen molar-refractivity contribution < 1.29 is 14.3 Å².